The minimum absolute atomic E-state index is 0.00144. The van der Waals surface area contributed by atoms with Crippen molar-refractivity contribution in [1.29, 1.82) is 5.26 Å². The first-order valence-electron chi connectivity index (χ1n) is 12.7. The lowest BCUT2D eigenvalue weighted by atomic mass is 10.1. The highest BCUT2D eigenvalue weighted by Crippen LogP contribution is 2.28. The van der Waals surface area contributed by atoms with Gasteiger partial charge in [-0.25, -0.2) is 4.68 Å². The van der Waals surface area contributed by atoms with Gasteiger partial charge in [0.1, 0.15) is 24.0 Å². The first-order chi connectivity index (χ1) is 19.1. The zero-order valence-electron chi connectivity index (χ0n) is 21.2. The molecule has 1 aliphatic heterocycles. The van der Waals surface area contributed by atoms with Crippen LogP contribution < -0.4 is 10.1 Å². The Bertz CT molecular complexity index is 1500. The number of carbonyl (C=O) groups excluding carboxylic acids is 1. The van der Waals surface area contributed by atoms with Crippen LogP contribution >= 0.6 is 11.6 Å². The average molecular weight is 539 g/mol. The largest absolute Gasteiger partial charge is 0.489 e. The van der Waals surface area contributed by atoms with Crippen LogP contribution in [0, 0.1) is 11.3 Å². The number of carbonyl (C=O) groups is 1. The minimum Gasteiger partial charge on any atom is -0.489 e. The van der Waals surface area contributed by atoms with E-state index in [2.05, 4.69) is 5.32 Å². The van der Waals surface area contributed by atoms with Gasteiger partial charge in [-0.3, -0.25) is 4.79 Å². The van der Waals surface area contributed by atoms with E-state index in [0.717, 1.165) is 29.7 Å². The second-order valence-electron chi connectivity index (χ2n) is 9.13. The minimum atomic E-state index is -0.435. The highest BCUT2D eigenvalue weighted by atomic mass is 35.5. The SMILES string of the molecule is N#C/C(=C\c1cn(-c2ccccc2)nc1-c1ccc(OCc2ccccc2Cl)cc1)C(=O)NC[C@@H]1CCCO1. The molecule has 3 aromatic carbocycles. The quantitative estimate of drug-likeness (QED) is 0.209. The van der Waals surface area contributed by atoms with E-state index in [9.17, 15) is 10.1 Å². The van der Waals surface area contributed by atoms with Gasteiger partial charge in [0, 0.05) is 41.1 Å². The number of hydrogen-bond acceptors (Lipinski definition) is 5. The maximum atomic E-state index is 12.8. The van der Waals surface area contributed by atoms with Crippen molar-refractivity contribution in [2.24, 2.45) is 0 Å². The van der Waals surface area contributed by atoms with E-state index < -0.39 is 5.91 Å². The summed E-state index contributed by atoms with van der Waals surface area (Å²) >= 11 is 6.24. The van der Waals surface area contributed by atoms with Crippen molar-refractivity contribution >= 4 is 23.6 Å². The van der Waals surface area contributed by atoms with E-state index in [1.165, 1.54) is 0 Å². The fraction of sp³-hybridized carbons (Fsp3) is 0.194. The van der Waals surface area contributed by atoms with Crippen LogP contribution in [0.2, 0.25) is 5.02 Å². The fourth-order valence-electron chi connectivity index (χ4n) is 4.33. The Morgan fingerprint density at radius 3 is 2.62 bits per heavy atom. The summed E-state index contributed by atoms with van der Waals surface area (Å²) in [5, 5.41) is 18.1. The number of para-hydroxylation sites is 1. The number of nitrogens with one attached hydrogen (secondary N) is 1. The van der Waals surface area contributed by atoms with Crippen LogP contribution in [0.1, 0.15) is 24.0 Å². The highest BCUT2D eigenvalue weighted by Gasteiger charge is 2.19. The Balaban J connectivity index is 1.40. The van der Waals surface area contributed by atoms with Crippen LogP contribution in [0.3, 0.4) is 0 Å². The molecule has 196 valence electrons. The lowest BCUT2D eigenvalue weighted by molar-refractivity contribution is -0.117. The second kappa shape index (κ2) is 12.4. The number of rotatable bonds is 9. The van der Waals surface area contributed by atoms with Gasteiger partial charge in [0.05, 0.1) is 17.5 Å². The maximum Gasteiger partial charge on any atom is 0.262 e. The van der Waals surface area contributed by atoms with Gasteiger partial charge in [0.15, 0.2) is 0 Å². The van der Waals surface area contributed by atoms with Gasteiger partial charge >= 0.3 is 0 Å². The number of halogens is 1. The lowest BCUT2D eigenvalue weighted by Gasteiger charge is -2.10. The summed E-state index contributed by atoms with van der Waals surface area (Å²) in [6.45, 7) is 1.43. The molecular formula is C31H27ClN4O3. The smallest absolute Gasteiger partial charge is 0.262 e. The third kappa shape index (κ3) is 6.55. The van der Waals surface area contributed by atoms with Crippen molar-refractivity contribution in [3.8, 4) is 28.8 Å². The molecular weight excluding hydrogens is 512 g/mol. The van der Waals surface area contributed by atoms with Gasteiger partial charge in [-0.2, -0.15) is 10.4 Å². The summed E-state index contributed by atoms with van der Waals surface area (Å²) in [7, 11) is 0. The van der Waals surface area contributed by atoms with Crippen molar-refractivity contribution in [1.82, 2.24) is 15.1 Å². The van der Waals surface area contributed by atoms with Gasteiger partial charge in [-0.05, 0) is 61.4 Å². The molecule has 1 amide bonds. The Morgan fingerprint density at radius 1 is 1.13 bits per heavy atom. The molecule has 0 spiro atoms. The van der Waals surface area contributed by atoms with Crippen LogP contribution in [0.4, 0.5) is 0 Å². The molecule has 0 radical (unpaired) electrons. The van der Waals surface area contributed by atoms with Crippen LogP contribution in [-0.2, 0) is 16.1 Å². The molecule has 1 fully saturated rings. The third-order valence-corrected chi connectivity index (χ3v) is 6.79. The van der Waals surface area contributed by atoms with Crippen molar-refractivity contribution in [3.63, 3.8) is 0 Å². The summed E-state index contributed by atoms with van der Waals surface area (Å²) < 4.78 is 13.2. The Labute approximate surface area is 232 Å². The molecule has 0 bridgehead atoms. The first kappa shape index (κ1) is 26.2. The standard InChI is InChI=1S/C31H27ClN4O3/c32-29-11-5-4-7-23(29)21-39-27-14-12-22(13-15-27)30-25(20-36(35-30)26-8-2-1-3-9-26)17-24(18-33)31(37)34-19-28-10-6-16-38-28/h1-5,7-9,11-15,17,20,28H,6,10,16,19,21H2,(H,34,37)/b24-17+/t28-/m0/s1. The van der Waals surface area contributed by atoms with Crippen LogP contribution in [0.15, 0.2) is 90.6 Å². The summed E-state index contributed by atoms with van der Waals surface area (Å²) in [6, 6.07) is 26.8. The molecule has 1 aromatic heterocycles. The molecule has 4 aromatic rings. The molecule has 7 nitrogen and oxygen atoms in total. The first-order valence-corrected chi connectivity index (χ1v) is 13.1. The molecule has 8 heteroatoms. The van der Waals surface area contributed by atoms with E-state index in [1.807, 2.05) is 91.1 Å². The molecule has 2 heterocycles. The topological polar surface area (TPSA) is 89.2 Å². The summed E-state index contributed by atoms with van der Waals surface area (Å²) in [4.78, 5) is 12.8. The molecule has 0 saturated carbocycles. The van der Waals surface area contributed by atoms with Gasteiger partial charge in [-0.1, -0.05) is 48.0 Å². The molecule has 0 aliphatic carbocycles. The van der Waals surface area contributed by atoms with E-state index in [-0.39, 0.29) is 11.7 Å². The van der Waals surface area contributed by atoms with Crippen molar-refractivity contribution < 1.29 is 14.3 Å². The second-order valence-corrected chi connectivity index (χ2v) is 9.54. The number of benzene rings is 3. The highest BCUT2D eigenvalue weighted by molar-refractivity contribution is 6.31. The van der Waals surface area contributed by atoms with Gasteiger partial charge in [-0.15, -0.1) is 0 Å². The van der Waals surface area contributed by atoms with E-state index in [0.29, 0.717) is 41.8 Å². The Kier molecular flexibility index (Phi) is 8.37. The molecule has 39 heavy (non-hydrogen) atoms. The molecule has 1 N–H and O–H groups in total. The van der Waals surface area contributed by atoms with E-state index in [4.69, 9.17) is 26.2 Å². The van der Waals surface area contributed by atoms with Crippen molar-refractivity contribution in [3.05, 3.63) is 107 Å². The zero-order valence-corrected chi connectivity index (χ0v) is 22.0. The van der Waals surface area contributed by atoms with Crippen molar-refractivity contribution in [2.45, 2.75) is 25.6 Å². The van der Waals surface area contributed by atoms with Crippen LogP contribution in [0.5, 0.6) is 5.75 Å². The number of nitrogens with zero attached hydrogens (tertiary/aromatic N) is 3. The number of ether oxygens (including phenoxy) is 2. The summed E-state index contributed by atoms with van der Waals surface area (Å²) in [5.41, 5.74) is 3.86. The van der Waals surface area contributed by atoms with E-state index in [1.54, 1.807) is 10.8 Å². The average Bonchev–Trinajstić information content (AvgIpc) is 3.65. The third-order valence-electron chi connectivity index (χ3n) is 6.42. The number of nitriles is 1. The summed E-state index contributed by atoms with van der Waals surface area (Å²) in [6.07, 6.45) is 5.26. The molecule has 0 unspecified atom stereocenters. The van der Waals surface area contributed by atoms with Crippen LogP contribution in [0.25, 0.3) is 23.0 Å². The van der Waals surface area contributed by atoms with Gasteiger partial charge < -0.3 is 14.8 Å². The number of aromatic nitrogens is 2. The van der Waals surface area contributed by atoms with Crippen LogP contribution in [-0.4, -0.2) is 34.9 Å². The fourth-order valence-corrected chi connectivity index (χ4v) is 4.52. The monoisotopic (exact) mass is 538 g/mol. The number of hydrogen-bond donors (Lipinski definition) is 1. The normalized spacial score (nSPS) is 15.1. The molecule has 1 aliphatic rings. The zero-order chi connectivity index (χ0) is 27.0. The predicted octanol–water partition coefficient (Wildman–Crippen LogP) is 5.97. The van der Waals surface area contributed by atoms with Gasteiger partial charge in [0.2, 0.25) is 0 Å². The predicted molar refractivity (Wildman–Crippen MR) is 150 cm³/mol. The lowest BCUT2D eigenvalue weighted by Crippen LogP contribution is -2.32. The molecule has 5 rings (SSSR count). The molecule has 1 atom stereocenters. The number of amides is 1. The van der Waals surface area contributed by atoms with Gasteiger partial charge in [0.25, 0.3) is 5.91 Å². The van der Waals surface area contributed by atoms with E-state index >= 15 is 0 Å². The summed E-state index contributed by atoms with van der Waals surface area (Å²) in [5.74, 6) is 0.249. The maximum absolute atomic E-state index is 12.8. The van der Waals surface area contributed by atoms with Crippen molar-refractivity contribution in [2.75, 3.05) is 13.2 Å². The molecule has 1 saturated heterocycles. The Morgan fingerprint density at radius 2 is 1.90 bits per heavy atom. The Hall–Kier alpha value is -4.38.